The summed E-state index contributed by atoms with van der Waals surface area (Å²) in [6.45, 7) is 7.68. The van der Waals surface area contributed by atoms with Crippen LogP contribution in [0.5, 0.6) is 0 Å². The van der Waals surface area contributed by atoms with Crippen LogP contribution in [-0.2, 0) is 9.53 Å². The minimum absolute atomic E-state index is 0.281. The molecule has 0 saturated carbocycles. The van der Waals surface area contributed by atoms with Crippen molar-refractivity contribution in [3.05, 3.63) is 5.21 Å². The van der Waals surface area contributed by atoms with Crippen molar-refractivity contribution in [1.82, 2.24) is 4.90 Å². The van der Waals surface area contributed by atoms with Crippen LogP contribution in [0.3, 0.4) is 0 Å². The van der Waals surface area contributed by atoms with Gasteiger partial charge in [-0.15, -0.1) is 0 Å². The van der Waals surface area contributed by atoms with Crippen molar-refractivity contribution in [2.24, 2.45) is 5.92 Å². The summed E-state index contributed by atoms with van der Waals surface area (Å²) in [5.41, 5.74) is -0.497. The number of ether oxygens (including phenoxy) is 1. The topological polar surface area (TPSA) is 89.9 Å². The van der Waals surface area contributed by atoms with Crippen molar-refractivity contribution in [1.29, 1.82) is 0 Å². The van der Waals surface area contributed by atoms with Crippen LogP contribution in [0, 0.1) is 11.1 Å². The molecule has 1 N–H and O–H groups in total. The van der Waals surface area contributed by atoms with Crippen LogP contribution < -0.4 is 0 Å². The number of nitrogens with zero attached hydrogens (tertiary/aromatic N) is 2. The number of carbonyl (C=O) groups is 2. The first-order valence-corrected chi connectivity index (χ1v) is 9.89. The smallest absolute Gasteiger partial charge is 0.410 e. The third-order valence-corrected chi connectivity index (χ3v) is 5.54. The Labute approximate surface area is 156 Å². The highest BCUT2D eigenvalue weighted by Crippen LogP contribution is 2.29. The summed E-state index contributed by atoms with van der Waals surface area (Å²) in [6.07, 6.45) is 5.23. The highest BCUT2D eigenvalue weighted by atomic mass is 16.6. The number of carbonyl (C=O) groups excluding carboxylic acids is 1. The molecule has 0 spiro atoms. The van der Waals surface area contributed by atoms with Gasteiger partial charge in [-0.3, -0.25) is 0 Å². The lowest BCUT2D eigenvalue weighted by Gasteiger charge is -2.49. The molecule has 2 heterocycles. The Morgan fingerprint density at radius 3 is 2.27 bits per heavy atom. The van der Waals surface area contributed by atoms with Crippen LogP contribution in [0.15, 0.2) is 0 Å². The molecule has 0 radical (unpaired) electrons. The van der Waals surface area contributed by atoms with Crippen LogP contribution >= 0.6 is 0 Å². The van der Waals surface area contributed by atoms with Gasteiger partial charge in [0, 0.05) is 19.5 Å². The largest absolute Gasteiger partial charge is 0.632 e. The van der Waals surface area contributed by atoms with E-state index in [9.17, 15) is 19.9 Å². The molecule has 7 nitrogen and oxygen atoms in total. The molecular formula is C19H34N2O5. The number of amides is 1. The number of quaternary nitrogens is 1. The summed E-state index contributed by atoms with van der Waals surface area (Å²) in [4.78, 5) is 25.5. The molecule has 0 aromatic carbocycles. The first kappa shape index (κ1) is 21.0. The first-order valence-electron chi connectivity index (χ1n) is 9.89. The zero-order valence-electron chi connectivity index (χ0n) is 16.4. The lowest BCUT2D eigenvalue weighted by atomic mass is 9.90. The molecule has 1 unspecified atom stereocenters. The van der Waals surface area contributed by atoms with Gasteiger partial charge in [-0.25, -0.2) is 9.59 Å². The standard InChI is InChI=1S/C19H34N2O5/c1-19(2,3)26-18(24)20-11-9-15(10-12-20)7-8-16(17(22)23)21(25)13-5-4-6-14-21/h15-16H,4-14H2,1-3H3,(H,22,23). The fourth-order valence-corrected chi connectivity index (χ4v) is 4.04. The number of likely N-dealkylation sites (tertiary alicyclic amines) is 2. The molecule has 7 heteroatoms. The van der Waals surface area contributed by atoms with E-state index < -0.39 is 22.3 Å². The molecule has 0 bridgehead atoms. The van der Waals surface area contributed by atoms with Gasteiger partial charge in [-0.2, -0.15) is 0 Å². The summed E-state index contributed by atoms with van der Waals surface area (Å²) in [5.74, 6) is -0.597. The minimum Gasteiger partial charge on any atom is -0.632 e. The lowest BCUT2D eigenvalue weighted by molar-refractivity contribution is -0.902. The van der Waals surface area contributed by atoms with Gasteiger partial charge < -0.3 is 24.6 Å². The second-order valence-electron chi connectivity index (χ2n) is 8.80. The second kappa shape index (κ2) is 8.57. The van der Waals surface area contributed by atoms with Crippen molar-refractivity contribution >= 4 is 12.1 Å². The number of piperidine rings is 2. The van der Waals surface area contributed by atoms with E-state index in [1.165, 1.54) is 0 Å². The summed E-state index contributed by atoms with van der Waals surface area (Å²) in [5, 5.41) is 22.5. The van der Waals surface area contributed by atoms with Crippen LogP contribution in [0.1, 0.15) is 65.7 Å². The third kappa shape index (κ3) is 5.84. The Balaban J connectivity index is 1.81. The molecule has 2 fully saturated rings. The monoisotopic (exact) mass is 370 g/mol. The van der Waals surface area contributed by atoms with Gasteiger partial charge in [0.15, 0.2) is 6.04 Å². The van der Waals surface area contributed by atoms with Crippen molar-refractivity contribution in [2.45, 2.75) is 77.4 Å². The van der Waals surface area contributed by atoms with E-state index in [2.05, 4.69) is 0 Å². The number of aliphatic carboxylic acids is 1. The quantitative estimate of drug-likeness (QED) is 0.592. The Bertz CT molecular complexity index is 489. The third-order valence-electron chi connectivity index (χ3n) is 5.54. The van der Waals surface area contributed by atoms with E-state index >= 15 is 0 Å². The highest BCUT2D eigenvalue weighted by molar-refractivity contribution is 5.72. The number of hydrogen-bond donors (Lipinski definition) is 1. The van der Waals surface area contributed by atoms with Gasteiger partial charge in [-0.1, -0.05) is 0 Å². The van der Waals surface area contributed by atoms with Gasteiger partial charge in [0.05, 0.1) is 13.1 Å². The second-order valence-corrected chi connectivity index (χ2v) is 8.80. The fraction of sp³-hybridized carbons (Fsp3) is 0.895. The summed E-state index contributed by atoms with van der Waals surface area (Å²) in [7, 11) is 0. The fourth-order valence-electron chi connectivity index (χ4n) is 4.04. The van der Waals surface area contributed by atoms with E-state index in [4.69, 9.17) is 4.74 Å². The molecular weight excluding hydrogens is 336 g/mol. The van der Waals surface area contributed by atoms with E-state index in [-0.39, 0.29) is 6.09 Å². The predicted octanol–water partition coefficient (Wildman–Crippen LogP) is 3.37. The lowest BCUT2D eigenvalue weighted by Crippen LogP contribution is -2.57. The molecule has 150 valence electrons. The van der Waals surface area contributed by atoms with E-state index in [1.54, 1.807) is 4.90 Å². The molecule has 2 saturated heterocycles. The van der Waals surface area contributed by atoms with Crippen LogP contribution in [0.2, 0.25) is 0 Å². The van der Waals surface area contributed by atoms with E-state index in [0.29, 0.717) is 38.5 Å². The van der Waals surface area contributed by atoms with Gasteiger partial charge in [0.1, 0.15) is 5.60 Å². The minimum atomic E-state index is -0.965. The average molecular weight is 370 g/mol. The maximum absolute atomic E-state index is 12.9. The molecule has 0 aromatic heterocycles. The number of hydrogen-bond acceptors (Lipinski definition) is 4. The van der Waals surface area contributed by atoms with Gasteiger partial charge in [0.2, 0.25) is 0 Å². The number of hydroxylamine groups is 3. The van der Waals surface area contributed by atoms with Gasteiger partial charge in [0.25, 0.3) is 0 Å². The Hall–Kier alpha value is -1.34. The van der Waals surface area contributed by atoms with E-state index in [0.717, 1.165) is 38.5 Å². The number of rotatable bonds is 5. The average Bonchev–Trinajstić information content (AvgIpc) is 2.54. The van der Waals surface area contributed by atoms with Crippen LogP contribution in [0.25, 0.3) is 0 Å². The zero-order valence-corrected chi connectivity index (χ0v) is 16.4. The SMILES string of the molecule is CC(C)(C)OC(=O)N1CCC(CCC(C(=O)O)[N+]2([O-])CCCCC2)CC1. The van der Waals surface area contributed by atoms with E-state index in [1.807, 2.05) is 20.8 Å². The number of carboxylic acid groups (broad SMARTS) is 1. The molecule has 2 rings (SSSR count). The van der Waals surface area contributed by atoms with Crippen molar-refractivity contribution in [3.63, 3.8) is 0 Å². The zero-order chi connectivity index (χ0) is 19.4. The summed E-state index contributed by atoms with van der Waals surface area (Å²) < 4.78 is 4.84. The Morgan fingerprint density at radius 1 is 1.19 bits per heavy atom. The molecule has 26 heavy (non-hydrogen) atoms. The molecule has 1 amide bonds. The maximum Gasteiger partial charge on any atom is 0.410 e. The van der Waals surface area contributed by atoms with Crippen molar-refractivity contribution < 1.29 is 24.1 Å². The highest BCUT2D eigenvalue weighted by Gasteiger charge is 2.37. The van der Waals surface area contributed by atoms with Gasteiger partial charge >= 0.3 is 12.1 Å². The predicted molar refractivity (Wildman–Crippen MR) is 98.4 cm³/mol. The van der Waals surface area contributed by atoms with Crippen molar-refractivity contribution in [2.75, 3.05) is 26.2 Å². The number of carboxylic acids is 1. The first-order chi connectivity index (χ1) is 12.1. The molecule has 0 aliphatic carbocycles. The van der Waals surface area contributed by atoms with Crippen LogP contribution in [0.4, 0.5) is 4.79 Å². The molecule has 0 aromatic rings. The summed E-state index contributed by atoms with van der Waals surface area (Å²) in [6, 6.07) is -0.848. The van der Waals surface area contributed by atoms with Crippen molar-refractivity contribution in [3.8, 4) is 0 Å². The van der Waals surface area contributed by atoms with Gasteiger partial charge in [-0.05, 0) is 65.2 Å². The normalized spacial score (nSPS) is 22.7. The van der Waals surface area contributed by atoms with Crippen LogP contribution in [-0.4, -0.2) is 64.5 Å². The molecule has 2 aliphatic heterocycles. The maximum atomic E-state index is 12.9. The Kier molecular flexibility index (Phi) is 6.91. The summed E-state index contributed by atoms with van der Waals surface area (Å²) >= 11 is 0. The molecule has 2 aliphatic rings. The Morgan fingerprint density at radius 2 is 1.77 bits per heavy atom. The molecule has 1 atom stereocenters.